The van der Waals surface area contributed by atoms with Gasteiger partial charge in [0.25, 0.3) is 0 Å². The van der Waals surface area contributed by atoms with Crippen LogP contribution in [-0.4, -0.2) is 17.7 Å². The second-order valence-corrected chi connectivity index (χ2v) is 3.86. The minimum atomic E-state index is -0.355. The van der Waals surface area contributed by atoms with Crippen molar-refractivity contribution >= 4 is 21.9 Å². The second kappa shape index (κ2) is 6.19. The van der Waals surface area contributed by atoms with Crippen molar-refractivity contribution in [2.24, 2.45) is 0 Å². The largest absolute Gasteiger partial charge is 0.507 e. The predicted octanol–water partition coefficient (Wildman–Crippen LogP) is 2.46. The first kappa shape index (κ1) is 12.6. The lowest BCUT2D eigenvalue weighted by atomic mass is 10.2. The number of carbonyl (C=O) groups excluding carboxylic acids is 1. The summed E-state index contributed by atoms with van der Waals surface area (Å²) in [5, 5.41) is 9.51. The van der Waals surface area contributed by atoms with Crippen LogP contribution >= 0.6 is 15.9 Å². The van der Waals surface area contributed by atoms with Gasteiger partial charge in [-0.3, -0.25) is 4.79 Å². The average molecular weight is 283 g/mol. The predicted molar refractivity (Wildman–Crippen MR) is 63.9 cm³/mol. The maximum Gasteiger partial charge on any atom is 0.317 e. The molecule has 16 heavy (non-hydrogen) atoms. The minimum Gasteiger partial charge on any atom is -0.507 e. The zero-order chi connectivity index (χ0) is 12.0. The molecule has 4 heteroatoms. The van der Waals surface area contributed by atoms with Crippen molar-refractivity contribution < 1.29 is 14.6 Å². The van der Waals surface area contributed by atoms with Gasteiger partial charge in [-0.05, 0) is 25.1 Å². The zero-order valence-electron chi connectivity index (χ0n) is 8.79. The summed E-state index contributed by atoms with van der Waals surface area (Å²) in [5.74, 6) is 5.09. The molecular weight excluding hydrogens is 272 g/mol. The third-order valence-corrected chi connectivity index (χ3v) is 2.21. The van der Waals surface area contributed by atoms with Crippen molar-refractivity contribution in [3.63, 3.8) is 0 Å². The van der Waals surface area contributed by atoms with Gasteiger partial charge in [-0.25, -0.2) is 0 Å². The summed E-state index contributed by atoms with van der Waals surface area (Å²) in [6.45, 7) is 2.09. The lowest BCUT2D eigenvalue weighted by Gasteiger charge is -1.97. The fourth-order valence-corrected chi connectivity index (χ4v) is 1.38. The van der Waals surface area contributed by atoms with E-state index in [2.05, 4.69) is 27.8 Å². The van der Waals surface area contributed by atoms with Crippen molar-refractivity contribution in [1.29, 1.82) is 0 Å². The monoisotopic (exact) mass is 282 g/mol. The van der Waals surface area contributed by atoms with Crippen LogP contribution in [0.15, 0.2) is 22.7 Å². The number of esters is 1. The highest BCUT2D eigenvalue weighted by Gasteiger charge is 1.99. The van der Waals surface area contributed by atoms with Crippen LogP contribution in [0.1, 0.15) is 18.9 Å². The summed E-state index contributed by atoms with van der Waals surface area (Å²) in [4.78, 5) is 11.0. The molecule has 0 aliphatic heterocycles. The van der Waals surface area contributed by atoms with E-state index in [1.165, 1.54) is 0 Å². The Balaban J connectivity index is 2.66. The summed E-state index contributed by atoms with van der Waals surface area (Å²) < 4.78 is 5.50. The van der Waals surface area contributed by atoms with E-state index >= 15 is 0 Å². The van der Waals surface area contributed by atoms with Gasteiger partial charge >= 0.3 is 5.97 Å². The number of ether oxygens (including phenoxy) is 1. The van der Waals surface area contributed by atoms with E-state index in [-0.39, 0.29) is 18.1 Å². The molecule has 0 spiro atoms. The molecule has 0 aliphatic carbocycles. The Labute approximate surface area is 103 Å². The maximum atomic E-state index is 11.0. The summed E-state index contributed by atoms with van der Waals surface area (Å²) in [7, 11) is 0. The first-order valence-electron chi connectivity index (χ1n) is 4.76. The smallest absolute Gasteiger partial charge is 0.317 e. The summed E-state index contributed by atoms with van der Waals surface area (Å²) in [6.07, 6.45) is 0.0311. The van der Waals surface area contributed by atoms with Gasteiger partial charge in [-0.2, -0.15) is 0 Å². The number of phenolic OH excluding ortho intramolecular Hbond substituents is 1. The van der Waals surface area contributed by atoms with Crippen LogP contribution in [0.4, 0.5) is 0 Å². The molecule has 1 aromatic carbocycles. The molecule has 1 rings (SSSR count). The second-order valence-electron chi connectivity index (χ2n) is 2.95. The molecule has 0 amide bonds. The summed E-state index contributed by atoms with van der Waals surface area (Å²) >= 11 is 3.23. The molecule has 1 N–H and O–H groups in total. The molecule has 0 radical (unpaired) electrons. The molecule has 0 unspecified atom stereocenters. The number of aromatic hydroxyl groups is 1. The Bertz CT molecular complexity index is 443. The van der Waals surface area contributed by atoms with Gasteiger partial charge in [-0.1, -0.05) is 27.8 Å². The molecule has 84 valence electrons. The van der Waals surface area contributed by atoms with Crippen molar-refractivity contribution in [3.8, 4) is 17.6 Å². The normalized spacial score (nSPS) is 9.12. The highest BCUT2D eigenvalue weighted by molar-refractivity contribution is 9.10. The molecule has 0 heterocycles. The van der Waals surface area contributed by atoms with E-state index in [0.29, 0.717) is 12.2 Å². The molecule has 0 aliphatic rings. The standard InChI is InChI=1S/C12H11BrO3/c1-2-16-12(15)5-3-4-9-6-7-10(13)8-11(9)14/h6-8,14H,2,5H2,1H3. The van der Waals surface area contributed by atoms with Crippen molar-refractivity contribution in [1.82, 2.24) is 0 Å². The molecule has 0 saturated carbocycles. The Morgan fingerprint density at radius 1 is 1.56 bits per heavy atom. The number of benzene rings is 1. The van der Waals surface area contributed by atoms with Gasteiger partial charge in [0, 0.05) is 4.47 Å². The first-order chi connectivity index (χ1) is 7.63. The molecular formula is C12H11BrO3. The lowest BCUT2D eigenvalue weighted by Crippen LogP contribution is -2.01. The van der Waals surface area contributed by atoms with Gasteiger partial charge in [0.15, 0.2) is 0 Å². The fraction of sp³-hybridized carbons (Fsp3) is 0.250. The Kier molecular flexibility index (Phi) is 4.87. The van der Waals surface area contributed by atoms with Crippen molar-refractivity contribution in [2.75, 3.05) is 6.61 Å². The van der Waals surface area contributed by atoms with E-state index in [4.69, 9.17) is 4.74 Å². The van der Waals surface area contributed by atoms with Gasteiger partial charge in [0.2, 0.25) is 0 Å². The van der Waals surface area contributed by atoms with Crippen molar-refractivity contribution in [3.05, 3.63) is 28.2 Å². The number of phenols is 1. The number of hydrogen-bond donors (Lipinski definition) is 1. The Hall–Kier alpha value is -1.47. The average Bonchev–Trinajstić information content (AvgIpc) is 2.22. The zero-order valence-corrected chi connectivity index (χ0v) is 10.4. The van der Waals surface area contributed by atoms with Gasteiger partial charge in [-0.15, -0.1) is 0 Å². The summed E-state index contributed by atoms with van der Waals surface area (Å²) in [5.41, 5.74) is 0.493. The highest BCUT2D eigenvalue weighted by Crippen LogP contribution is 2.21. The van der Waals surface area contributed by atoms with E-state index in [0.717, 1.165) is 4.47 Å². The first-order valence-corrected chi connectivity index (χ1v) is 5.55. The fourth-order valence-electron chi connectivity index (χ4n) is 1.03. The van der Waals surface area contributed by atoms with E-state index in [9.17, 15) is 9.90 Å². The van der Waals surface area contributed by atoms with E-state index in [1.54, 1.807) is 25.1 Å². The van der Waals surface area contributed by atoms with Gasteiger partial charge in [0.1, 0.15) is 12.2 Å². The van der Waals surface area contributed by atoms with Crippen LogP contribution in [0.3, 0.4) is 0 Å². The Morgan fingerprint density at radius 3 is 2.94 bits per heavy atom. The SMILES string of the molecule is CCOC(=O)CC#Cc1ccc(Br)cc1O. The topological polar surface area (TPSA) is 46.5 Å². The molecule has 0 saturated heterocycles. The molecule has 0 aromatic heterocycles. The third kappa shape index (κ3) is 3.95. The number of rotatable bonds is 2. The van der Waals surface area contributed by atoms with Crippen LogP contribution in [-0.2, 0) is 9.53 Å². The van der Waals surface area contributed by atoms with E-state index < -0.39 is 0 Å². The van der Waals surface area contributed by atoms with Gasteiger partial charge in [0.05, 0.1) is 12.2 Å². The number of hydrogen-bond acceptors (Lipinski definition) is 3. The minimum absolute atomic E-state index is 0.0311. The molecule has 0 fully saturated rings. The number of carbonyl (C=O) groups is 1. The third-order valence-electron chi connectivity index (χ3n) is 1.72. The molecule has 0 atom stereocenters. The van der Waals surface area contributed by atoms with Crippen LogP contribution in [0.2, 0.25) is 0 Å². The highest BCUT2D eigenvalue weighted by atomic mass is 79.9. The van der Waals surface area contributed by atoms with E-state index in [1.807, 2.05) is 0 Å². The molecule has 3 nitrogen and oxygen atoms in total. The van der Waals surface area contributed by atoms with Crippen LogP contribution in [0.25, 0.3) is 0 Å². The van der Waals surface area contributed by atoms with Crippen LogP contribution in [0.5, 0.6) is 5.75 Å². The lowest BCUT2D eigenvalue weighted by molar-refractivity contribution is -0.141. The summed E-state index contributed by atoms with van der Waals surface area (Å²) in [6, 6.07) is 5.00. The van der Waals surface area contributed by atoms with Crippen LogP contribution < -0.4 is 0 Å². The molecule has 1 aromatic rings. The number of halogens is 1. The molecule has 0 bridgehead atoms. The Morgan fingerprint density at radius 2 is 2.31 bits per heavy atom. The quantitative estimate of drug-likeness (QED) is 0.670. The van der Waals surface area contributed by atoms with Crippen LogP contribution in [0, 0.1) is 11.8 Å². The maximum absolute atomic E-state index is 11.0. The van der Waals surface area contributed by atoms with Gasteiger partial charge < -0.3 is 9.84 Å². The van der Waals surface area contributed by atoms with Crippen molar-refractivity contribution in [2.45, 2.75) is 13.3 Å².